The van der Waals surface area contributed by atoms with Crippen molar-refractivity contribution in [1.29, 1.82) is 5.41 Å². The predicted molar refractivity (Wildman–Crippen MR) is 56.8 cm³/mol. The predicted octanol–water partition coefficient (Wildman–Crippen LogP) is 1.04. The molecule has 14 heavy (non-hydrogen) atoms. The van der Waals surface area contributed by atoms with E-state index in [-0.39, 0.29) is 12.3 Å². The Balaban J connectivity index is 2.88. The van der Waals surface area contributed by atoms with E-state index in [2.05, 4.69) is 5.32 Å². The maximum atomic E-state index is 10.0. The molecular formula is C9H10ClN3O. The number of hydrogen-bond acceptors (Lipinski definition) is 3. The normalized spacial score (nSPS) is 9.50. The molecule has 1 amide bonds. The summed E-state index contributed by atoms with van der Waals surface area (Å²) in [4.78, 5) is 10.0. The minimum atomic E-state index is 0.147. The van der Waals surface area contributed by atoms with Gasteiger partial charge >= 0.3 is 0 Å². The summed E-state index contributed by atoms with van der Waals surface area (Å²) in [6, 6.07) is 4.89. The van der Waals surface area contributed by atoms with Gasteiger partial charge in [0.1, 0.15) is 0 Å². The van der Waals surface area contributed by atoms with Crippen molar-refractivity contribution in [2.75, 3.05) is 12.3 Å². The number of anilines is 1. The standard InChI is InChI=1S/C9H10ClN3O/c10-6-1-2-8(11)7(3-6)9(12)4-13-5-14/h1-3,5,12H,4,11H2,(H,13,14). The molecule has 0 aliphatic rings. The number of rotatable bonds is 4. The Labute approximate surface area is 86.6 Å². The lowest BCUT2D eigenvalue weighted by Gasteiger charge is -2.06. The van der Waals surface area contributed by atoms with Gasteiger partial charge in [-0.2, -0.15) is 0 Å². The van der Waals surface area contributed by atoms with Gasteiger partial charge in [-0.05, 0) is 18.2 Å². The molecule has 0 unspecified atom stereocenters. The minimum Gasteiger partial charge on any atom is -0.398 e. The maximum absolute atomic E-state index is 10.0. The number of hydrogen-bond donors (Lipinski definition) is 3. The smallest absolute Gasteiger partial charge is 0.207 e. The van der Waals surface area contributed by atoms with E-state index >= 15 is 0 Å². The Kier molecular flexibility index (Phi) is 3.48. The van der Waals surface area contributed by atoms with Crippen LogP contribution in [0.25, 0.3) is 0 Å². The van der Waals surface area contributed by atoms with Gasteiger partial charge < -0.3 is 16.5 Å². The molecule has 0 heterocycles. The Morgan fingerprint density at radius 3 is 3.00 bits per heavy atom. The number of nitrogens with one attached hydrogen (secondary N) is 2. The van der Waals surface area contributed by atoms with Crippen LogP contribution in [0.2, 0.25) is 5.02 Å². The lowest BCUT2D eigenvalue weighted by atomic mass is 10.1. The summed E-state index contributed by atoms with van der Waals surface area (Å²) in [5.74, 6) is 0. The van der Waals surface area contributed by atoms with E-state index in [1.165, 1.54) is 0 Å². The lowest BCUT2D eigenvalue weighted by Crippen LogP contribution is -2.22. The van der Waals surface area contributed by atoms with Crippen LogP contribution in [0.3, 0.4) is 0 Å². The molecule has 4 N–H and O–H groups in total. The van der Waals surface area contributed by atoms with Gasteiger partial charge in [-0.25, -0.2) is 0 Å². The molecule has 0 aromatic heterocycles. The zero-order valence-corrected chi connectivity index (χ0v) is 8.14. The molecule has 0 fully saturated rings. The molecule has 0 saturated carbocycles. The van der Waals surface area contributed by atoms with Gasteiger partial charge in [0.25, 0.3) is 0 Å². The monoisotopic (exact) mass is 211 g/mol. The molecule has 0 spiro atoms. The van der Waals surface area contributed by atoms with E-state index in [4.69, 9.17) is 22.7 Å². The first kappa shape index (κ1) is 10.5. The van der Waals surface area contributed by atoms with E-state index < -0.39 is 0 Å². The van der Waals surface area contributed by atoms with E-state index in [0.717, 1.165) is 0 Å². The molecule has 1 rings (SSSR count). The van der Waals surface area contributed by atoms with Crippen LogP contribution in [-0.2, 0) is 4.79 Å². The van der Waals surface area contributed by atoms with Gasteiger partial charge in [0, 0.05) is 16.3 Å². The summed E-state index contributed by atoms with van der Waals surface area (Å²) in [7, 11) is 0. The average Bonchev–Trinajstić information content (AvgIpc) is 2.18. The SMILES string of the molecule is N=C(CNC=O)c1cc(Cl)ccc1N. The largest absolute Gasteiger partial charge is 0.398 e. The summed E-state index contributed by atoms with van der Waals surface area (Å²) < 4.78 is 0. The van der Waals surface area contributed by atoms with Crippen LogP contribution in [0.15, 0.2) is 18.2 Å². The molecule has 5 heteroatoms. The number of nitrogen functional groups attached to an aromatic ring is 1. The van der Waals surface area contributed by atoms with Crippen LogP contribution in [-0.4, -0.2) is 18.7 Å². The summed E-state index contributed by atoms with van der Waals surface area (Å²) in [5, 5.41) is 10.5. The van der Waals surface area contributed by atoms with E-state index in [1.807, 2.05) is 0 Å². The van der Waals surface area contributed by atoms with Crippen molar-refractivity contribution in [3.05, 3.63) is 28.8 Å². The topological polar surface area (TPSA) is 79.0 Å². The first-order valence-electron chi connectivity index (χ1n) is 3.95. The number of carbonyl (C=O) groups is 1. The quantitative estimate of drug-likeness (QED) is 0.395. The Bertz CT molecular complexity index is 365. The maximum Gasteiger partial charge on any atom is 0.207 e. The third kappa shape index (κ3) is 2.47. The Hall–Kier alpha value is -1.55. The van der Waals surface area contributed by atoms with Gasteiger partial charge in [0.2, 0.25) is 6.41 Å². The van der Waals surface area contributed by atoms with E-state index in [9.17, 15) is 4.79 Å². The number of benzene rings is 1. The van der Waals surface area contributed by atoms with Crippen LogP contribution >= 0.6 is 11.6 Å². The van der Waals surface area contributed by atoms with Crippen molar-refractivity contribution in [2.45, 2.75) is 0 Å². The number of carbonyl (C=O) groups excluding carboxylic acids is 1. The molecule has 0 aliphatic heterocycles. The average molecular weight is 212 g/mol. The zero-order valence-electron chi connectivity index (χ0n) is 7.38. The van der Waals surface area contributed by atoms with Crippen molar-refractivity contribution >= 4 is 29.4 Å². The molecule has 74 valence electrons. The van der Waals surface area contributed by atoms with Crippen LogP contribution in [0.4, 0.5) is 5.69 Å². The fourth-order valence-corrected chi connectivity index (χ4v) is 1.20. The highest BCUT2D eigenvalue weighted by molar-refractivity contribution is 6.31. The molecule has 0 aliphatic carbocycles. The molecule has 0 radical (unpaired) electrons. The van der Waals surface area contributed by atoms with Crippen molar-refractivity contribution in [3.63, 3.8) is 0 Å². The van der Waals surface area contributed by atoms with Crippen molar-refractivity contribution in [1.82, 2.24) is 5.32 Å². The van der Waals surface area contributed by atoms with Gasteiger partial charge in [-0.1, -0.05) is 11.6 Å². The second-order valence-corrected chi connectivity index (χ2v) is 3.15. The van der Waals surface area contributed by atoms with Crippen LogP contribution in [0, 0.1) is 5.41 Å². The summed E-state index contributed by atoms with van der Waals surface area (Å²) in [6.45, 7) is 0.147. The molecular weight excluding hydrogens is 202 g/mol. The Morgan fingerprint density at radius 2 is 2.36 bits per heavy atom. The highest BCUT2D eigenvalue weighted by atomic mass is 35.5. The van der Waals surface area contributed by atoms with E-state index in [1.54, 1.807) is 18.2 Å². The zero-order chi connectivity index (χ0) is 10.6. The van der Waals surface area contributed by atoms with E-state index in [0.29, 0.717) is 22.7 Å². The second-order valence-electron chi connectivity index (χ2n) is 2.71. The first-order valence-corrected chi connectivity index (χ1v) is 4.33. The van der Waals surface area contributed by atoms with Gasteiger partial charge in [-0.15, -0.1) is 0 Å². The van der Waals surface area contributed by atoms with Crippen LogP contribution in [0.1, 0.15) is 5.56 Å². The summed E-state index contributed by atoms with van der Waals surface area (Å²) in [5.41, 5.74) is 6.91. The van der Waals surface area contributed by atoms with Gasteiger partial charge in [0.05, 0.1) is 12.3 Å². The number of amides is 1. The highest BCUT2D eigenvalue weighted by Gasteiger charge is 2.05. The second kappa shape index (κ2) is 4.62. The molecule has 1 aromatic rings. The third-order valence-electron chi connectivity index (χ3n) is 1.70. The number of halogens is 1. The summed E-state index contributed by atoms with van der Waals surface area (Å²) >= 11 is 5.75. The first-order chi connectivity index (χ1) is 6.65. The van der Waals surface area contributed by atoms with Gasteiger partial charge in [0.15, 0.2) is 0 Å². The lowest BCUT2D eigenvalue weighted by molar-refractivity contribution is -0.109. The fraction of sp³-hybridized carbons (Fsp3) is 0.111. The van der Waals surface area contributed by atoms with Crippen molar-refractivity contribution in [3.8, 4) is 0 Å². The fourth-order valence-electron chi connectivity index (χ4n) is 1.03. The van der Waals surface area contributed by atoms with Crippen molar-refractivity contribution < 1.29 is 4.79 Å². The molecule has 1 aromatic carbocycles. The molecule has 0 saturated heterocycles. The molecule has 4 nitrogen and oxygen atoms in total. The van der Waals surface area contributed by atoms with Crippen LogP contribution in [0.5, 0.6) is 0 Å². The summed E-state index contributed by atoms with van der Waals surface area (Å²) in [6.07, 6.45) is 0.537. The Morgan fingerprint density at radius 1 is 1.64 bits per heavy atom. The minimum absolute atomic E-state index is 0.147. The molecule has 0 bridgehead atoms. The molecule has 0 atom stereocenters. The number of nitrogens with two attached hydrogens (primary N) is 1. The van der Waals surface area contributed by atoms with Crippen LogP contribution < -0.4 is 11.1 Å². The van der Waals surface area contributed by atoms with Gasteiger partial charge in [-0.3, -0.25) is 4.79 Å². The third-order valence-corrected chi connectivity index (χ3v) is 1.94. The highest BCUT2D eigenvalue weighted by Crippen LogP contribution is 2.17. The van der Waals surface area contributed by atoms with Crippen molar-refractivity contribution in [2.24, 2.45) is 0 Å².